The van der Waals surface area contributed by atoms with E-state index in [1.54, 1.807) is 18.3 Å². The number of pyridine rings is 1. The Morgan fingerprint density at radius 3 is 2.58 bits per heavy atom. The predicted molar refractivity (Wildman–Crippen MR) is 90.7 cm³/mol. The number of amides is 1. The number of rotatable bonds is 3. The molecular formula is C17H25N3O3S. The Kier molecular flexibility index (Phi) is 5.20. The van der Waals surface area contributed by atoms with E-state index >= 15 is 0 Å². The van der Waals surface area contributed by atoms with Crippen molar-refractivity contribution in [2.75, 3.05) is 26.2 Å². The molecule has 0 spiro atoms. The van der Waals surface area contributed by atoms with Gasteiger partial charge in [0.1, 0.15) is 4.90 Å². The molecule has 7 heteroatoms. The van der Waals surface area contributed by atoms with Gasteiger partial charge >= 0.3 is 0 Å². The third kappa shape index (κ3) is 3.62. The molecule has 1 amide bonds. The van der Waals surface area contributed by atoms with Crippen molar-refractivity contribution in [2.24, 2.45) is 11.8 Å². The Bertz CT molecular complexity index is 670. The molecule has 1 unspecified atom stereocenters. The summed E-state index contributed by atoms with van der Waals surface area (Å²) in [6, 6.07) is 3.19. The number of hydrogen-bond donors (Lipinski definition) is 0. The van der Waals surface area contributed by atoms with Crippen LogP contribution in [-0.4, -0.2) is 54.7 Å². The monoisotopic (exact) mass is 351 g/mol. The van der Waals surface area contributed by atoms with Crippen molar-refractivity contribution in [3.05, 3.63) is 24.5 Å². The average Bonchev–Trinajstić information content (AvgIpc) is 2.62. The van der Waals surface area contributed by atoms with E-state index in [-0.39, 0.29) is 16.7 Å². The van der Waals surface area contributed by atoms with Crippen LogP contribution in [0.15, 0.2) is 29.4 Å². The van der Waals surface area contributed by atoms with Crippen molar-refractivity contribution in [1.82, 2.24) is 14.2 Å². The minimum atomic E-state index is -3.50. The quantitative estimate of drug-likeness (QED) is 0.832. The van der Waals surface area contributed by atoms with Crippen molar-refractivity contribution >= 4 is 15.9 Å². The van der Waals surface area contributed by atoms with Gasteiger partial charge in [-0.1, -0.05) is 6.92 Å². The molecular weight excluding hydrogens is 326 g/mol. The van der Waals surface area contributed by atoms with Crippen LogP contribution in [0.5, 0.6) is 0 Å². The Hall–Kier alpha value is -1.47. The highest BCUT2D eigenvalue weighted by molar-refractivity contribution is 7.89. The molecule has 0 N–H and O–H groups in total. The van der Waals surface area contributed by atoms with Gasteiger partial charge in [-0.3, -0.25) is 9.78 Å². The van der Waals surface area contributed by atoms with E-state index in [1.807, 2.05) is 4.90 Å². The summed E-state index contributed by atoms with van der Waals surface area (Å²) in [7, 11) is -3.50. The number of likely N-dealkylation sites (tertiary alicyclic amines) is 1. The van der Waals surface area contributed by atoms with Crippen LogP contribution in [0.25, 0.3) is 0 Å². The van der Waals surface area contributed by atoms with Gasteiger partial charge in [-0.2, -0.15) is 4.31 Å². The molecule has 3 rings (SSSR count). The summed E-state index contributed by atoms with van der Waals surface area (Å²) in [5, 5.41) is 0. The SMILES string of the molecule is CC1CCCN(C(=O)C2CCN(S(=O)(=O)c3cccnc3)CC2)C1. The van der Waals surface area contributed by atoms with Gasteiger partial charge in [-0.05, 0) is 43.7 Å². The molecule has 0 bridgehead atoms. The summed E-state index contributed by atoms with van der Waals surface area (Å²) >= 11 is 0. The van der Waals surface area contributed by atoms with Crippen LogP contribution in [0.4, 0.5) is 0 Å². The number of carbonyl (C=O) groups excluding carboxylic acids is 1. The van der Waals surface area contributed by atoms with Gasteiger partial charge in [-0.15, -0.1) is 0 Å². The lowest BCUT2D eigenvalue weighted by Gasteiger charge is -2.36. The summed E-state index contributed by atoms with van der Waals surface area (Å²) in [4.78, 5) is 18.8. The van der Waals surface area contributed by atoms with Crippen LogP contribution in [0.3, 0.4) is 0 Å². The Balaban J connectivity index is 1.60. The molecule has 0 aromatic carbocycles. The Labute approximate surface area is 143 Å². The third-order valence-corrected chi connectivity index (χ3v) is 6.93. The first-order valence-corrected chi connectivity index (χ1v) is 10.1. The van der Waals surface area contributed by atoms with E-state index in [1.165, 1.54) is 16.9 Å². The first kappa shape index (κ1) is 17.4. The number of sulfonamides is 1. The molecule has 2 aliphatic rings. The molecule has 132 valence electrons. The molecule has 2 aliphatic heterocycles. The molecule has 1 atom stereocenters. The fourth-order valence-electron chi connectivity index (χ4n) is 3.64. The lowest BCUT2D eigenvalue weighted by Crippen LogP contribution is -2.46. The van der Waals surface area contributed by atoms with Crippen molar-refractivity contribution in [3.63, 3.8) is 0 Å². The van der Waals surface area contributed by atoms with Gasteiger partial charge in [0.05, 0.1) is 0 Å². The van der Waals surface area contributed by atoms with Gasteiger partial charge in [0.15, 0.2) is 0 Å². The van der Waals surface area contributed by atoms with Crippen LogP contribution < -0.4 is 0 Å². The third-order valence-electron chi connectivity index (χ3n) is 5.04. The van der Waals surface area contributed by atoms with Crippen LogP contribution >= 0.6 is 0 Å². The van der Waals surface area contributed by atoms with E-state index in [9.17, 15) is 13.2 Å². The van der Waals surface area contributed by atoms with Gasteiger partial charge < -0.3 is 4.90 Å². The Morgan fingerprint density at radius 2 is 1.96 bits per heavy atom. The molecule has 6 nitrogen and oxygen atoms in total. The fraction of sp³-hybridized carbons (Fsp3) is 0.647. The van der Waals surface area contributed by atoms with Crippen molar-refractivity contribution in [2.45, 2.75) is 37.5 Å². The molecule has 0 saturated carbocycles. The van der Waals surface area contributed by atoms with Crippen molar-refractivity contribution in [3.8, 4) is 0 Å². The van der Waals surface area contributed by atoms with Gasteiger partial charge in [0, 0.05) is 44.5 Å². The number of aromatic nitrogens is 1. The smallest absolute Gasteiger partial charge is 0.244 e. The lowest BCUT2D eigenvalue weighted by atomic mass is 9.93. The standard InChI is InChI=1S/C17H25N3O3S/c1-14-4-3-9-19(13-14)17(21)15-6-10-20(11-7-15)24(22,23)16-5-2-8-18-12-16/h2,5,8,12,14-15H,3-4,6-7,9-11,13H2,1H3. The Morgan fingerprint density at radius 1 is 1.21 bits per heavy atom. The minimum absolute atomic E-state index is 0.0457. The molecule has 0 aliphatic carbocycles. The van der Waals surface area contributed by atoms with Crippen LogP contribution in [0.2, 0.25) is 0 Å². The van der Waals surface area contributed by atoms with Crippen LogP contribution in [0.1, 0.15) is 32.6 Å². The maximum Gasteiger partial charge on any atom is 0.244 e. The second-order valence-corrected chi connectivity index (χ2v) is 8.84. The number of nitrogens with zero attached hydrogens (tertiary/aromatic N) is 3. The highest BCUT2D eigenvalue weighted by Gasteiger charge is 2.34. The highest BCUT2D eigenvalue weighted by Crippen LogP contribution is 2.26. The van der Waals surface area contributed by atoms with Gasteiger partial charge in [-0.25, -0.2) is 8.42 Å². The van der Waals surface area contributed by atoms with E-state index in [0.717, 1.165) is 19.5 Å². The van der Waals surface area contributed by atoms with Crippen molar-refractivity contribution < 1.29 is 13.2 Å². The van der Waals surface area contributed by atoms with E-state index < -0.39 is 10.0 Å². The zero-order valence-corrected chi connectivity index (χ0v) is 14.9. The van der Waals surface area contributed by atoms with Gasteiger partial charge in [0.2, 0.25) is 15.9 Å². The van der Waals surface area contributed by atoms with Crippen LogP contribution in [-0.2, 0) is 14.8 Å². The fourth-order valence-corrected chi connectivity index (χ4v) is 5.07. The maximum absolute atomic E-state index is 12.7. The van der Waals surface area contributed by atoms with E-state index in [4.69, 9.17) is 0 Å². The number of carbonyl (C=O) groups is 1. The number of piperidine rings is 2. The predicted octanol–water partition coefficient (Wildman–Crippen LogP) is 1.74. The summed E-state index contributed by atoms with van der Waals surface area (Å²) in [6.45, 7) is 4.67. The zero-order chi connectivity index (χ0) is 17.2. The first-order chi connectivity index (χ1) is 11.5. The normalized spacial score (nSPS) is 24.0. The molecule has 2 saturated heterocycles. The van der Waals surface area contributed by atoms with Gasteiger partial charge in [0.25, 0.3) is 0 Å². The maximum atomic E-state index is 12.7. The second kappa shape index (κ2) is 7.19. The molecule has 24 heavy (non-hydrogen) atoms. The summed E-state index contributed by atoms with van der Waals surface area (Å²) in [5.41, 5.74) is 0. The lowest BCUT2D eigenvalue weighted by molar-refractivity contribution is -0.138. The second-order valence-electron chi connectivity index (χ2n) is 6.90. The van der Waals surface area contributed by atoms with E-state index in [2.05, 4.69) is 11.9 Å². The first-order valence-electron chi connectivity index (χ1n) is 8.67. The average molecular weight is 351 g/mol. The van der Waals surface area contributed by atoms with Crippen molar-refractivity contribution in [1.29, 1.82) is 0 Å². The molecule has 1 aromatic rings. The zero-order valence-electron chi connectivity index (χ0n) is 14.1. The summed E-state index contributed by atoms with van der Waals surface area (Å²) < 4.78 is 26.7. The molecule has 2 fully saturated rings. The van der Waals surface area contributed by atoms with Crippen LogP contribution in [0, 0.1) is 11.8 Å². The molecule has 1 aromatic heterocycles. The topological polar surface area (TPSA) is 70.6 Å². The summed E-state index contributed by atoms with van der Waals surface area (Å²) in [5.74, 6) is 0.726. The number of hydrogen-bond acceptors (Lipinski definition) is 4. The summed E-state index contributed by atoms with van der Waals surface area (Å²) in [6.07, 6.45) is 6.39. The molecule has 0 radical (unpaired) electrons. The minimum Gasteiger partial charge on any atom is -0.342 e. The van der Waals surface area contributed by atoms with E-state index in [0.29, 0.717) is 31.8 Å². The largest absolute Gasteiger partial charge is 0.342 e. The molecule has 3 heterocycles. The highest BCUT2D eigenvalue weighted by atomic mass is 32.2.